The molecule has 1 N–H and O–H groups in total. The van der Waals surface area contributed by atoms with Crippen molar-refractivity contribution in [2.75, 3.05) is 0 Å². The summed E-state index contributed by atoms with van der Waals surface area (Å²) in [5.74, 6) is 1.05. The van der Waals surface area contributed by atoms with E-state index < -0.39 is 0 Å². The molecule has 0 unspecified atom stereocenters. The average molecular weight is 371 g/mol. The maximum atomic E-state index is 8.63. The van der Waals surface area contributed by atoms with Gasteiger partial charge in [0.25, 0.3) is 0 Å². The molecule has 1 aliphatic carbocycles. The number of benzene rings is 3. The summed E-state index contributed by atoms with van der Waals surface area (Å²) in [6.45, 7) is 3.94. The van der Waals surface area contributed by atoms with Crippen LogP contribution in [0.2, 0.25) is 0 Å². The minimum absolute atomic E-state index is 0.322. The summed E-state index contributed by atoms with van der Waals surface area (Å²) in [4.78, 5) is 0. The Labute approximate surface area is 169 Å². The Morgan fingerprint density at radius 3 is 2.00 bits per heavy atom. The van der Waals surface area contributed by atoms with Gasteiger partial charge in [0, 0.05) is 0 Å². The molecular formula is C27H30O. The lowest BCUT2D eigenvalue weighted by molar-refractivity contribution is 0.442. The second-order valence-corrected chi connectivity index (χ2v) is 7.41. The van der Waals surface area contributed by atoms with Crippen LogP contribution in [0.5, 0.6) is 5.75 Å². The van der Waals surface area contributed by atoms with Gasteiger partial charge >= 0.3 is 0 Å². The van der Waals surface area contributed by atoms with Gasteiger partial charge in [0.1, 0.15) is 5.75 Å². The molecule has 1 heteroatoms. The molecule has 1 fully saturated rings. The third kappa shape index (κ3) is 5.36. The molecule has 0 aromatic heterocycles. The zero-order valence-corrected chi connectivity index (χ0v) is 16.6. The monoisotopic (exact) mass is 370 g/mol. The van der Waals surface area contributed by atoms with Crippen molar-refractivity contribution < 1.29 is 5.11 Å². The molecule has 1 nitrogen and oxygen atoms in total. The minimum Gasteiger partial charge on any atom is -0.508 e. The molecule has 1 aliphatic rings. The van der Waals surface area contributed by atoms with Crippen LogP contribution < -0.4 is 0 Å². The van der Waals surface area contributed by atoms with E-state index in [9.17, 15) is 0 Å². The van der Waals surface area contributed by atoms with Crippen LogP contribution in [-0.4, -0.2) is 5.11 Å². The summed E-state index contributed by atoms with van der Waals surface area (Å²) in [6, 6.07) is 26.3. The Morgan fingerprint density at radius 1 is 0.786 bits per heavy atom. The van der Waals surface area contributed by atoms with Gasteiger partial charge in [-0.1, -0.05) is 92.1 Å². The standard InChI is InChI=1S/C21H24.C6H6O/c1-2-10-18-15-9-16-20(17-11-5-3-6-12-17)21(18)19-13-7-4-8-14-19;7-6-4-2-1-3-5-6/h2-3,5-6,9,11-12,15-16,19H,1,4,7-8,10,13-14H2;1-5,7H. The predicted octanol–water partition coefficient (Wildman–Crippen LogP) is 7.52. The van der Waals surface area contributed by atoms with Gasteiger partial charge in [-0.3, -0.25) is 0 Å². The van der Waals surface area contributed by atoms with E-state index in [0.29, 0.717) is 5.75 Å². The van der Waals surface area contributed by atoms with Gasteiger partial charge in [-0.25, -0.2) is 0 Å². The van der Waals surface area contributed by atoms with Crippen molar-refractivity contribution >= 4 is 0 Å². The quantitative estimate of drug-likeness (QED) is 0.471. The van der Waals surface area contributed by atoms with E-state index in [1.165, 1.54) is 48.8 Å². The smallest absolute Gasteiger partial charge is 0.115 e. The van der Waals surface area contributed by atoms with E-state index in [-0.39, 0.29) is 0 Å². The molecule has 144 valence electrons. The molecule has 0 bridgehead atoms. The number of aromatic hydroxyl groups is 1. The van der Waals surface area contributed by atoms with Crippen molar-refractivity contribution in [3.8, 4) is 16.9 Å². The van der Waals surface area contributed by atoms with Crippen LogP contribution in [-0.2, 0) is 6.42 Å². The van der Waals surface area contributed by atoms with Crippen LogP contribution in [0.4, 0.5) is 0 Å². The maximum Gasteiger partial charge on any atom is 0.115 e. The molecule has 28 heavy (non-hydrogen) atoms. The Hall–Kier alpha value is -2.80. The minimum atomic E-state index is 0.322. The van der Waals surface area contributed by atoms with Crippen molar-refractivity contribution in [2.45, 2.75) is 44.4 Å². The van der Waals surface area contributed by atoms with E-state index >= 15 is 0 Å². The summed E-state index contributed by atoms with van der Waals surface area (Å²) >= 11 is 0. The van der Waals surface area contributed by atoms with Crippen molar-refractivity contribution in [3.63, 3.8) is 0 Å². The Balaban J connectivity index is 0.000000271. The number of phenolic OH excluding ortho intramolecular Hbond substituents is 1. The van der Waals surface area contributed by atoms with Crippen LogP contribution in [0, 0.1) is 0 Å². The second-order valence-electron chi connectivity index (χ2n) is 7.41. The van der Waals surface area contributed by atoms with Gasteiger partial charge in [0.05, 0.1) is 0 Å². The molecule has 4 rings (SSSR count). The molecule has 0 atom stereocenters. The summed E-state index contributed by atoms with van der Waals surface area (Å²) in [5.41, 5.74) is 5.84. The molecule has 0 aliphatic heterocycles. The van der Waals surface area contributed by atoms with E-state index in [1.54, 1.807) is 29.8 Å². The molecular weight excluding hydrogens is 340 g/mol. The first kappa shape index (κ1) is 19.9. The number of hydrogen-bond donors (Lipinski definition) is 1. The van der Waals surface area contributed by atoms with Crippen molar-refractivity contribution in [1.82, 2.24) is 0 Å². The normalized spacial score (nSPS) is 14.0. The molecule has 3 aromatic carbocycles. The van der Waals surface area contributed by atoms with Crippen LogP contribution in [0.25, 0.3) is 11.1 Å². The molecule has 1 saturated carbocycles. The first-order valence-electron chi connectivity index (χ1n) is 10.3. The number of hydrogen-bond acceptors (Lipinski definition) is 1. The molecule has 0 saturated heterocycles. The Bertz CT molecular complexity index is 846. The van der Waals surface area contributed by atoms with Crippen molar-refractivity contribution in [3.05, 3.63) is 103 Å². The topological polar surface area (TPSA) is 20.2 Å². The fourth-order valence-electron chi connectivity index (χ4n) is 4.12. The van der Waals surface area contributed by atoms with Crippen LogP contribution >= 0.6 is 0 Å². The average Bonchev–Trinajstić information content (AvgIpc) is 2.76. The second kappa shape index (κ2) is 10.5. The lowest BCUT2D eigenvalue weighted by atomic mass is 9.78. The van der Waals surface area contributed by atoms with Gasteiger partial charge in [0.2, 0.25) is 0 Å². The predicted molar refractivity (Wildman–Crippen MR) is 120 cm³/mol. The van der Waals surface area contributed by atoms with E-state index in [1.807, 2.05) is 12.1 Å². The molecule has 0 heterocycles. The summed E-state index contributed by atoms with van der Waals surface area (Å²) in [6.07, 6.45) is 9.86. The van der Waals surface area contributed by atoms with Gasteiger partial charge in [-0.15, -0.1) is 6.58 Å². The molecule has 3 aromatic rings. The third-order valence-corrected chi connectivity index (χ3v) is 5.42. The van der Waals surface area contributed by atoms with Crippen LogP contribution in [0.1, 0.15) is 49.1 Å². The van der Waals surface area contributed by atoms with Crippen molar-refractivity contribution in [2.24, 2.45) is 0 Å². The Kier molecular flexibility index (Phi) is 7.49. The fraction of sp³-hybridized carbons (Fsp3) is 0.259. The number of rotatable bonds is 4. The molecule has 0 spiro atoms. The highest BCUT2D eigenvalue weighted by Crippen LogP contribution is 2.40. The van der Waals surface area contributed by atoms with E-state index in [0.717, 1.165) is 12.3 Å². The lowest BCUT2D eigenvalue weighted by Gasteiger charge is -2.27. The van der Waals surface area contributed by atoms with Gasteiger partial charge in [0.15, 0.2) is 0 Å². The van der Waals surface area contributed by atoms with Gasteiger partial charge < -0.3 is 5.11 Å². The largest absolute Gasteiger partial charge is 0.508 e. The SMILES string of the molecule is C=CCc1cccc(-c2ccccc2)c1C1CCCCC1.Oc1ccccc1. The number of allylic oxidation sites excluding steroid dienone is 1. The van der Waals surface area contributed by atoms with E-state index in [2.05, 4.69) is 55.1 Å². The zero-order chi connectivity index (χ0) is 19.6. The summed E-state index contributed by atoms with van der Waals surface area (Å²) in [7, 11) is 0. The van der Waals surface area contributed by atoms with Crippen molar-refractivity contribution in [1.29, 1.82) is 0 Å². The first-order valence-corrected chi connectivity index (χ1v) is 10.3. The highest BCUT2D eigenvalue weighted by atomic mass is 16.3. The fourth-order valence-corrected chi connectivity index (χ4v) is 4.12. The molecule has 0 radical (unpaired) electrons. The molecule has 0 amide bonds. The summed E-state index contributed by atoms with van der Waals surface area (Å²) in [5, 5.41) is 8.63. The maximum absolute atomic E-state index is 8.63. The Morgan fingerprint density at radius 2 is 1.43 bits per heavy atom. The van der Waals surface area contributed by atoms with Gasteiger partial charge in [-0.2, -0.15) is 0 Å². The van der Waals surface area contributed by atoms with Crippen LogP contribution in [0.15, 0.2) is 91.5 Å². The van der Waals surface area contributed by atoms with Gasteiger partial charge in [-0.05, 0) is 59.6 Å². The zero-order valence-electron chi connectivity index (χ0n) is 16.6. The van der Waals surface area contributed by atoms with Crippen LogP contribution in [0.3, 0.4) is 0 Å². The third-order valence-electron chi connectivity index (χ3n) is 5.42. The first-order chi connectivity index (χ1) is 13.8. The highest BCUT2D eigenvalue weighted by Gasteiger charge is 2.21. The number of phenols is 1. The lowest BCUT2D eigenvalue weighted by Crippen LogP contribution is -2.09. The number of para-hydroxylation sites is 1. The van der Waals surface area contributed by atoms with E-state index in [4.69, 9.17) is 5.11 Å². The highest BCUT2D eigenvalue weighted by molar-refractivity contribution is 5.69. The summed E-state index contributed by atoms with van der Waals surface area (Å²) < 4.78 is 0.